The van der Waals surface area contributed by atoms with Crippen LogP contribution in [-0.2, 0) is 0 Å². The highest BCUT2D eigenvalue weighted by molar-refractivity contribution is 5.51. The molecule has 0 aromatic carbocycles. The Balaban J connectivity index is 2.54. The van der Waals surface area contributed by atoms with E-state index in [1.807, 2.05) is 6.07 Å². The summed E-state index contributed by atoms with van der Waals surface area (Å²) < 4.78 is 0. The van der Waals surface area contributed by atoms with Crippen molar-refractivity contribution in [3.05, 3.63) is 47.1 Å². The number of H-pyrrole nitrogens is 1. The van der Waals surface area contributed by atoms with E-state index in [1.54, 1.807) is 18.5 Å². The molecular formula is C9H7N3O. The van der Waals surface area contributed by atoms with Crippen molar-refractivity contribution in [3.63, 3.8) is 0 Å². The first-order valence-corrected chi connectivity index (χ1v) is 3.82. The molecule has 0 aliphatic carbocycles. The quantitative estimate of drug-likeness (QED) is 0.694. The van der Waals surface area contributed by atoms with Gasteiger partial charge in [0.05, 0.1) is 0 Å². The van der Waals surface area contributed by atoms with Crippen molar-refractivity contribution in [2.75, 3.05) is 0 Å². The molecule has 13 heavy (non-hydrogen) atoms. The Kier molecular flexibility index (Phi) is 1.88. The third kappa shape index (κ3) is 1.61. The molecule has 2 aromatic heterocycles. The Morgan fingerprint density at radius 1 is 1.23 bits per heavy atom. The first-order chi connectivity index (χ1) is 6.36. The number of nitrogens with one attached hydrogen (secondary N) is 1. The first kappa shape index (κ1) is 7.67. The van der Waals surface area contributed by atoms with Crippen LogP contribution in [0.2, 0.25) is 0 Å². The van der Waals surface area contributed by atoms with Crippen LogP contribution in [0.15, 0.2) is 41.6 Å². The second-order valence-corrected chi connectivity index (χ2v) is 2.52. The van der Waals surface area contributed by atoms with E-state index in [0.717, 1.165) is 5.56 Å². The molecule has 2 rings (SSSR count). The van der Waals surface area contributed by atoms with Crippen LogP contribution in [0.25, 0.3) is 11.4 Å². The molecule has 0 saturated carbocycles. The number of aromatic amines is 1. The highest BCUT2D eigenvalue weighted by atomic mass is 16.1. The van der Waals surface area contributed by atoms with Gasteiger partial charge in [0.2, 0.25) is 0 Å². The lowest BCUT2D eigenvalue weighted by Gasteiger charge is -1.96. The lowest BCUT2D eigenvalue weighted by Crippen LogP contribution is -2.05. The van der Waals surface area contributed by atoms with Gasteiger partial charge in [0.15, 0.2) is 0 Å². The third-order valence-electron chi connectivity index (χ3n) is 1.61. The number of hydrogen-bond donors (Lipinski definition) is 1. The molecule has 0 amide bonds. The van der Waals surface area contributed by atoms with Crippen LogP contribution in [0, 0.1) is 0 Å². The molecule has 64 valence electrons. The van der Waals surface area contributed by atoms with Gasteiger partial charge in [0.1, 0.15) is 5.82 Å². The third-order valence-corrected chi connectivity index (χ3v) is 1.61. The molecule has 0 bridgehead atoms. The molecule has 0 radical (unpaired) electrons. The van der Waals surface area contributed by atoms with Crippen molar-refractivity contribution in [1.82, 2.24) is 15.0 Å². The van der Waals surface area contributed by atoms with Crippen LogP contribution in [0.4, 0.5) is 0 Å². The van der Waals surface area contributed by atoms with E-state index in [1.165, 1.54) is 12.3 Å². The van der Waals surface area contributed by atoms with Gasteiger partial charge in [-0.3, -0.25) is 9.78 Å². The van der Waals surface area contributed by atoms with E-state index >= 15 is 0 Å². The SMILES string of the molecule is O=c1ccnc(-c2cccnc2)[nH]1. The van der Waals surface area contributed by atoms with Crippen molar-refractivity contribution >= 4 is 0 Å². The lowest BCUT2D eigenvalue weighted by atomic mass is 10.3. The van der Waals surface area contributed by atoms with Crippen molar-refractivity contribution in [2.24, 2.45) is 0 Å². The number of aromatic nitrogens is 3. The standard InChI is InChI=1S/C9H7N3O/c13-8-3-5-11-9(12-8)7-2-1-4-10-6-7/h1-6H,(H,11,12,13). The second-order valence-electron chi connectivity index (χ2n) is 2.52. The number of hydrogen-bond acceptors (Lipinski definition) is 3. The van der Waals surface area contributed by atoms with E-state index in [0.29, 0.717) is 5.82 Å². The topological polar surface area (TPSA) is 58.6 Å². The maximum absolute atomic E-state index is 10.9. The van der Waals surface area contributed by atoms with Crippen molar-refractivity contribution in [2.45, 2.75) is 0 Å². The monoisotopic (exact) mass is 173 g/mol. The van der Waals surface area contributed by atoms with E-state index < -0.39 is 0 Å². The lowest BCUT2D eigenvalue weighted by molar-refractivity contribution is 1.12. The summed E-state index contributed by atoms with van der Waals surface area (Å²) in [6.45, 7) is 0. The molecule has 2 aromatic rings. The number of pyridine rings is 1. The summed E-state index contributed by atoms with van der Waals surface area (Å²) in [5.74, 6) is 0.542. The number of rotatable bonds is 1. The largest absolute Gasteiger partial charge is 0.306 e. The van der Waals surface area contributed by atoms with Crippen molar-refractivity contribution in [3.8, 4) is 11.4 Å². The zero-order valence-electron chi connectivity index (χ0n) is 6.77. The fraction of sp³-hybridized carbons (Fsp3) is 0. The highest BCUT2D eigenvalue weighted by Gasteiger charge is 1.97. The van der Waals surface area contributed by atoms with E-state index in [2.05, 4.69) is 15.0 Å². The normalized spacial score (nSPS) is 9.85. The maximum Gasteiger partial charge on any atom is 0.251 e. The molecule has 0 saturated heterocycles. The Morgan fingerprint density at radius 3 is 2.85 bits per heavy atom. The molecule has 2 heterocycles. The Hall–Kier alpha value is -1.97. The van der Waals surface area contributed by atoms with Gasteiger partial charge in [0, 0.05) is 30.2 Å². The van der Waals surface area contributed by atoms with Crippen LogP contribution >= 0.6 is 0 Å². The Bertz CT molecular complexity index is 450. The molecular weight excluding hydrogens is 166 g/mol. The number of nitrogens with zero attached hydrogens (tertiary/aromatic N) is 2. The minimum Gasteiger partial charge on any atom is -0.306 e. The Labute approximate surface area is 74.3 Å². The predicted molar refractivity (Wildman–Crippen MR) is 48.1 cm³/mol. The van der Waals surface area contributed by atoms with Gasteiger partial charge in [0.25, 0.3) is 5.56 Å². The summed E-state index contributed by atoms with van der Waals surface area (Å²) in [6.07, 6.45) is 4.80. The molecule has 0 spiro atoms. The van der Waals surface area contributed by atoms with Crippen molar-refractivity contribution in [1.29, 1.82) is 0 Å². The smallest absolute Gasteiger partial charge is 0.251 e. The molecule has 0 aliphatic rings. The van der Waals surface area contributed by atoms with Gasteiger partial charge in [-0.25, -0.2) is 4.98 Å². The summed E-state index contributed by atoms with van der Waals surface area (Å²) in [4.78, 5) is 21.5. The second kappa shape index (κ2) is 3.18. The van der Waals surface area contributed by atoms with Gasteiger partial charge in [-0.2, -0.15) is 0 Å². The van der Waals surface area contributed by atoms with Crippen LogP contribution in [0.3, 0.4) is 0 Å². The van der Waals surface area contributed by atoms with Gasteiger partial charge in [-0.05, 0) is 12.1 Å². The van der Waals surface area contributed by atoms with Crippen LogP contribution in [-0.4, -0.2) is 15.0 Å². The first-order valence-electron chi connectivity index (χ1n) is 3.82. The van der Waals surface area contributed by atoms with Crippen molar-refractivity contribution < 1.29 is 0 Å². The zero-order chi connectivity index (χ0) is 9.10. The summed E-state index contributed by atoms with van der Waals surface area (Å²) in [7, 11) is 0. The minimum atomic E-state index is -0.158. The molecule has 1 N–H and O–H groups in total. The zero-order valence-corrected chi connectivity index (χ0v) is 6.77. The molecule has 0 aliphatic heterocycles. The molecule has 4 heteroatoms. The summed E-state index contributed by atoms with van der Waals surface area (Å²) in [6, 6.07) is 5.01. The fourth-order valence-corrected chi connectivity index (χ4v) is 1.02. The molecule has 0 atom stereocenters. The molecule has 4 nitrogen and oxygen atoms in total. The van der Waals surface area contributed by atoms with Crippen LogP contribution < -0.4 is 5.56 Å². The Morgan fingerprint density at radius 2 is 2.15 bits per heavy atom. The van der Waals surface area contributed by atoms with Gasteiger partial charge in [-0.15, -0.1) is 0 Å². The van der Waals surface area contributed by atoms with Crippen LogP contribution in [0.1, 0.15) is 0 Å². The summed E-state index contributed by atoms with van der Waals surface area (Å²) >= 11 is 0. The van der Waals surface area contributed by atoms with Crippen LogP contribution in [0.5, 0.6) is 0 Å². The summed E-state index contributed by atoms with van der Waals surface area (Å²) in [5, 5.41) is 0. The van der Waals surface area contributed by atoms with E-state index in [4.69, 9.17) is 0 Å². The predicted octanol–water partition coefficient (Wildman–Crippen LogP) is 0.832. The maximum atomic E-state index is 10.9. The average Bonchev–Trinajstić information content (AvgIpc) is 2.19. The van der Waals surface area contributed by atoms with E-state index in [9.17, 15) is 4.79 Å². The van der Waals surface area contributed by atoms with Gasteiger partial charge in [-0.1, -0.05) is 0 Å². The highest BCUT2D eigenvalue weighted by Crippen LogP contribution is 2.08. The van der Waals surface area contributed by atoms with E-state index in [-0.39, 0.29) is 5.56 Å². The van der Waals surface area contributed by atoms with Gasteiger partial charge < -0.3 is 4.98 Å². The fourth-order valence-electron chi connectivity index (χ4n) is 1.02. The molecule has 0 fully saturated rings. The average molecular weight is 173 g/mol. The van der Waals surface area contributed by atoms with Gasteiger partial charge >= 0.3 is 0 Å². The minimum absolute atomic E-state index is 0.158. The summed E-state index contributed by atoms with van der Waals surface area (Å²) in [5.41, 5.74) is 0.647. The molecule has 0 unspecified atom stereocenters.